The molecule has 6 heteroatoms. The molecule has 2 rings (SSSR count). The van der Waals surface area contributed by atoms with Crippen molar-refractivity contribution in [2.24, 2.45) is 0 Å². The zero-order chi connectivity index (χ0) is 15.8. The van der Waals surface area contributed by atoms with E-state index in [1.54, 1.807) is 13.1 Å². The van der Waals surface area contributed by atoms with Crippen molar-refractivity contribution >= 4 is 10.0 Å². The molecule has 1 N–H and O–H groups in total. The predicted octanol–water partition coefficient (Wildman–Crippen LogP) is 2.42. The SMILES string of the molecule is Cc1c(F)cc(CNC(C)C)cc1S(=O)(=O)N(C)C1CC1. The standard InChI is InChI=1S/C15H23FN2O2S/c1-10(2)17-9-12-7-14(16)11(3)15(8-12)21(19,20)18(4)13-5-6-13/h7-8,10,13,17H,5-6,9H2,1-4H3. The van der Waals surface area contributed by atoms with Crippen LogP contribution in [0.3, 0.4) is 0 Å². The Kier molecular flexibility index (Phi) is 4.70. The topological polar surface area (TPSA) is 49.4 Å². The first-order valence-corrected chi connectivity index (χ1v) is 8.68. The highest BCUT2D eigenvalue weighted by molar-refractivity contribution is 7.89. The summed E-state index contributed by atoms with van der Waals surface area (Å²) in [5.41, 5.74) is 0.838. The van der Waals surface area contributed by atoms with E-state index in [1.807, 2.05) is 13.8 Å². The fourth-order valence-electron chi connectivity index (χ4n) is 2.19. The first-order chi connectivity index (χ1) is 9.73. The van der Waals surface area contributed by atoms with E-state index in [2.05, 4.69) is 5.32 Å². The quantitative estimate of drug-likeness (QED) is 0.877. The summed E-state index contributed by atoms with van der Waals surface area (Å²) in [6, 6.07) is 3.31. The molecule has 4 nitrogen and oxygen atoms in total. The molecule has 118 valence electrons. The number of benzene rings is 1. The summed E-state index contributed by atoms with van der Waals surface area (Å²) >= 11 is 0. The molecule has 0 saturated heterocycles. The van der Waals surface area contributed by atoms with Crippen molar-refractivity contribution in [3.63, 3.8) is 0 Å². The van der Waals surface area contributed by atoms with Gasteiger partial charge in [0.05, 0.1) is 4.90 Å². The van der Waals surface area contributed by atoms with Crippen molar-refractivity contribution in [3.05, 3.63) is 29.1 Å². The van der Waals surface area contributed by atoms with Gasteiger partial charge in [0, 0.05) is 31.2 Å². The number of rotatable bonds is 6. The van der Waals surface area contributed by atoms with Crippen molar-refractivity contribution in [1.82, 2.24) is 9.62 Å². The molecule has 0 heterocycles. The summed E-state index contributed by atoms with van der Waals surface area (Å²) in [4.78, 5) is 0.0810. The molecule has 0 radical (unpaired) electrons. The second-order valence-corrected chi connectivity index (χ2v) is 7.95. The molecule has 1 saturated carbocycles. The first kappa shape index (κ1) is 16.4. The third-order valence-corrected chi connectivity index (χ3v) is 5.83. The minimum atomic E-state index is -3.62. The number of halogens is 1. The van der Waals surface area contributed by atoms with Gasteiger partial charge in [-0.3, -0.25) is 0 Å². The van der Waals surface area contributed by atoms with Gasteiger partial charge in [0.2, 0.25) is 10.0 Å². The summed E-state index contributed by atoms with van der Waals surface area (Å²) < 4.78 is 40.7. The summed E-state index contributed by atoms with van der Waals surface area (Å²) in [6.07, 6.45) is 1.76. The summed E-state index contributed by atoms with van der Waals surface area (Å²) in [6.45, 7) is 5.94. The molecule has 0 atom stereocenters. The van der Waals surface area contributed by atoms with E-state index in [0.29, 0.717) is 12.1 Å². The molecule has 1 aliphatic rings. The lowest BCUT2D eigenvalue weighted by Crippen LogP contribution is -2.30. The predicted molar refractivity (Wildman–Crippen MR) is 81.1 cm³/mol. The van der Waals surface area contributed by atoms with Gasteiger partial charge < -0.3 is 5.32 Å². The van der Waals surface area contributed by atoms with Crippen molar-refractivity contribution < 1.29 is 12.8 Å². The lowest BCUT2D eigenvalue weighted by Gasteiger charge is -2.19. The van der Waals surface area contributed by atoms with E-state index in [1.165, 1.54) is 17.3 Å². The lowest BCUT2D eigenvalue weighted by atomic mass is 10.1. The number of nitrogens with zero attached hydrogens (tertiary/aromatic N) is 1. The zero-order valence-corrected chi connectivity index (χ0v) is 13.8. The Hall–Kier alpha value is -0.980. The molecule has 1 aliphatic carbocycles. The Morgan fingerprint density at radius 1 is 1.38 bits per heavy atom. The van der Waals surface area contributed by atoms with Crippen LogP contribution in [0.25, 0.3) is 0 Å². The second-order valence-electron chi connectivity index (χ2n) is 5.99. The summed E-state index contributed by atoms with van der Waals surface area (Å²) in [5, 5.41) is 3.18. The van der Waals surface area contributed by atoms with E-state index >= 15 is 0 Å². The minimum absolute atomic E-state index is 0.0647. The van der Waals surface area contributed by atoms with Crippen molar-refractivity contribution in [3.8, 4) is 0 Å². The number of hydrogen-bond donors (Lipinski definition) is 1. The molecule has 0 aromatic heterocycles. The van der Waals surface area contributed by atoms with Gasteiger partial charge in [0.25, 0.3) is 0 Å². The van der Waals surface area contributed by atoms with E-state index in [0.717, 1.165) is 12.8 Å². The number of sulfonamides is 1. The molecule has 1 fully saturated rings. The fourth-order valence-corrected chi connectivity index (χ4v) is 3.89. The summed E-state index contributed by atoms with van der Waals surface area (Å²) in [5.74, 6) is -0.471. The Morgan fingerprint density at radius 3 is 2.52 bits per heavy atom. The molecule has 1 aromatic rings. The third kappa shape index (κ3) is 3.62. The van der Waals surface area contributed by atoms with Crippen molar-refractivity contribution in [2.75, 3.05) is 7.05 Å². The molecule has 0 unspecified atom stereocenters. The molecule has 0 aliphatic heterocycles. The maximum Gasteiger partial charge on any atom is 0.243 e. The van der Waals surface area contributed by atoms with Crippen LogP contribution in [0.15, 0.2) is 17.0 Å². The number of hydrogen-bond acceptors (Lipinski definition) is 3. The van der Waals surface area contributed by atoms with Gasteiger partial charge in [-0.15, -0.1) is 0 Å². The van der Waals surface area contributed by atoms with Crippen LogP contribution in [-0.4, -0.2) is 31.9 Å². The molecule has 21 heavy (non-hydrogen) atoms. The average Bonchev–Trinajstić information content (AvgIpc) is 3.23. The zero-order valence-electron chi connectivity index (χ0n) is 13.0. The van der Waals surface area contributed by atoms with Gasteiger partial charge in [-0.2, -0.15) is 4.31 Å². The normalized spacial score (nSPS) is 16.0. The van der Waals surface area contributed by atoms with Gasteiger partial charge in [0.15, 0.2) is 0 Å². The van der Waals surface area contributed by atoms with Crippen LogP contribution >= 0.6 is 0 Å². The summed E-state index contributed by atoms with van der Waals surface area (Å²) in [7, 11) is -2.05. The highest BCUT2D eigenvalue weighted by Crippen LogP contribution is 2.32. The van der Waals surface area contributed by atoms with Crippen LogP contribution in [-0.2, 0) is 16.6 Å². The fraction of sp³-hybridized carbons (Fsp3) is 0.600. The van der Waals surface area contributed by atoms with E-state index in [4.69, 9.17) is 0 Å². The van der Waals surface area contributed by atoms with Gasteiger partial charge in [-0.25, -0.2) is 12.8 Å². The van der Waals surface area contributed by atoms with Crippen LogP contribution in [0.5, 0.6) is 0 Å². The molecule has 0 amide bonds. The lowest BCUT2D eigenvalue weighted by molar-refractivity contribution is 0.462. The highest BCUT2D eigenvalue weighted by atomic mass is 32.2. The highest BCUT2D eigenvalue weighted by Gasteiger charge is 2.36. The van der Waals surface area contributed by atoms with Gasteiger partial charge in [0.1, 0.15) is 5.82 Å². The Bertz CT molecular complexity index is 625. The maximum atomic E-state index is 14.1. The van der Waals surface area contributed by atoms with E-state index < -0.39 is 15.8 Å². The monoisotopic (exact) mass is 314 g/mol. The largest absolute Gasteiger partial charge is 0.310 e. The van der Waals surface area contributed by atoms with Crippen LogP contribution in [0.4, 0.5) is 4.39 Å². The smallest absolute Gasteiger partial charge is 0.243 e. The molecule has 1 aromatic carbocycles. The van der Waals surface area contributed by atoms with Gasteiger partial charge in [-0.1, -0.05) is 13.8 Å². The van der Waals surface area contributed by atoms with Crippen LogP contribution in [0.2, 0.25) is 0 Å². The van der Waals surface area contributed by atoms with Crippen molar-refractivity contribution in [1.29, 1.82) is 0 Å². The Balaban J connectivity index is 2.37. The second kappa shape index (κ2) is 6.02. The molecular formula is C15H23FN2O2S. The Morgan fingerprint density at radius 2 is 2.00 bits per heavy atom. The Labute approximate surface area is 126 Å². The first-order valence-electron chi connectivity index (χ1n) is 7.24. The van der Waals surface area contributed by atoms with Crippen LogP contribution < -0.4 is 5.32 Å². The molecular weight excluding hydrogens is 291 g/mol. The van der Waals surface area contributed by atoms with Crippen LogP contribution in [0, 0.1) is 12.7 Å². The van der Waals surface area contributed by atoms with Gasteiger partial charge >= 0.3 is 0 Å². The molecule has 0 bridgehead atoms. The van der Waals surface area contributed by atoms with Gasteiger partial charge in [-0.05, 0) is 37.5 Å². The van der Waals surface area contributed by atoms with Crippen LogP contribution in [0.1, 0.15) is 37.8 Å². The minimum Gasteiger partial charge on any atom is -0.310 e. The number of nitrogens with one attached hydrogen (secondary N) is 1. The van der Waals surface area contributed by atoms with Crippen molar-refractivity contribution in [2.45, 2.75) is 57.1 Å². The van der Waals surface area contributed by atoms with E-state index in [9.17, 15) is 12.8 Å². The molecule has 0 spiro atoms. The third-order valence-electron chi connectivity index (χ3n) is 3.79. The average molecular weight is 314 g/mol. The maximum absolute atomic E-state index is 14.1. The van der Waals surface area contributed by atoms with E-state index in [-0.39, 0.29) is 22.5 Å².